The van der Waals surface area contributed by atoms with Gasteiger partial charge in [0.25, 0.3) is 0 Å². The molecule has 0 bridgehead atoms. The molecule has 1 rings (SSSR count). The molecule has 3 nitrogen and oxygen atoms in total. The van der Waals surface area contributed by atoms with E-state index in [-0.39, 0.29) is 11.6 Å². The van der Waals surface area contributed by atoms with Crippen molar-refractivity contribution in [3.8, 4) is 0 Å². The second-order valence-electron chi connectivity index (χ2n) is 6.98. The molecule has 1 aliphatic heterocycles. The Morgan fingerprint density at radius 1 is 1.55 bits per heavy atom. The predicted octanol–water partition coefficient (Wildman–Crippen LogP) is 5.19. The Hall–Kier alpha value is -1.19. The first-order valence-electron chi connectivity index (χ1n) is 8.50. The highest BCUT2D eigenvalue weighted by molar-refractivity contribution is 5.61. The van der Waals surface area contributed by atoms with Crippen molar-refractivity contribution in [1.29, 1.82) is 0 Å². The van der Waals surface area contributed by atoms with Gasteiger partial charge in [0.1, 0.15) is 0 Å². The van der Waals surface area contributed by atoms with Crippen LogP contribution in [0.15, 0.2) is 22.1 Å². The van der Waals surface area contributed by atoms with Crippen molar-refractivity contribution in [2.24, 2.45) is 21.9 Å². The quantitative estimate of drug-likeness (QED) is 0.448. The third kappa shape index (κ3) is 4.65. The average Bonchev–Trinajstić information content (AvgIpc) is 2.46. The first kappa shape index (κ1) is 18.9. The van der Waals surface area contributed by atoms with E-state index in [9.17, 15) is 4.39 Å². The molecular weight excluding hydrogens is 277 g/mol. The standard InChI is InChI=1S/C18H32FN3/c1-7-8-11-16-14(2)13-21-22(18(16,4)5)15(3)10-9-12-17(19)20-6/h12-16H,6-11H2,1-5H3. The van der Waals surface area contributed by atoms with Crippen molar-refractivity contribution in [2.45, 2.75) is 78.3 Å². The Kier molecular flexibility index (Phi) is 7.24. The third-order valence-electron chi connectivity index (χ3n) is 4.89. The van der Waals surface area contributed by atoms with Crippen LogP contribution in [0.4, 0.5) is 4.39 Å². The lowest BCUT2D eigenvalue weighted by Crippen LogP contribution is -2.55. The van der Waals surface area contributed by atoms with E-state index in [4.69, 9.17) is 5.10 Å². The first-order chi connectivity index (χ1) is 10.3. The van der Waals surface area contributed by atoms with Gasteiger partial charge in [-0.3, -0.25) is 5.01 Å². The van der Waals surface area contributed by atoms with E-state index in [0.29, 0.717) is 18.3 Å². The summed E-state index contributed by atoms with van der Waals surface area (Å²) in [6.45, 7) is 14.4. The number of hydrogen-bond donors (Lipinski definition) is 0. The molecule has 4 heteroatoms. The maximum atomic E-state index is 13.0. The summed E-state index contributed by atoms with van der Waals surface area (Å²) in [5.74, 6) is 0.630. The number of hydrogen-bond acceptors (Lipinski definition) is 3. The summed E-state index contributed by atoms with van der Waals surface area (Å²) in [4.78, 5) is 3.28. The van der Waals surface area contributed by atoms with Gasteiger partial charge in [-0.25, -0.2) is 4.99 Å². The van der Waals surface area contributed by atoms with Crippen LogP contribution in [0.25, 0.3) is 0 Å². The number of rotatable bonds is 8. The van der Waals surface area contributed by atoms with Crippen molar-refractivity contribution < 1.29 is 4.39 Å². The Morgan fingerprint density at radius 2 is 2.23 bits per heavy atom. The normalized spacial score (nSPS) is 26.1. The number of allylic oxidation sites excluding steroid dienone is 1. The van der Waals surface area contributed by atoms with Crippen LogP contribution < -0.4 is 0 Å². The third-order valence-corrected chi connectivity index (χ3v) is 4.89. The minimum Gasteiger partial charge on any atom is -0.289 e. The molecular formula is C18H32FN3. The largest absolute Gasteiger partial charge is 0.289 e. The SMILES string of the molecule is C=NC(F)=CCCC(C)N1N=CC(C)C(CCCC)C1(C)C. The van der Waals surface area contributed by atoms with Crippen molar-refractivity contribution in [3.05, 3.63) is 12.0 Å². The zero-order chi connectivity index (χ0) is 16.8. The smallest absolute Gasteiger partial charge is 0.208 e. The van der Waals surface area contributed by atoms with E-state index in [1.807, 2.05) is 0 Å². The molecule has 0 aromatic rings. The van der Waals surface area contributed by atoms with Gasteiger partial charge in [-0.2, -0.15) is 9.49 Å². The molecule has 0 saturated heterocycles. The number of unbranched alkanes of at least 4 members (excludes halogenated alkanes) is 1. The fourth-order valence-corrected chi connectivity index (χ4v) is 3.60. The van der Waals surface area contributed by atoms with Gasteiger partial charge < -0.3 is 0 Å². The van der Waals surface area contributed by atoms with Gasteiger partial charge in [0, 0.05) is 12.3 Å². The topological polar surface area (TPSA) is 28.0 Å². The number of nitrogens with zero attached hydrogens (tertiary/aromatic N) is 3. The minimum atomic E-state index is -0.483. The van der Waals surface area contributed by atoms with Crippen LogP contribution >= 0.6 is 0 Å². The summed E-state index contributed by atoms with van der Waals surface area (Å²) in [5.41, 5.74) is 0.0295. The molecule has 0 saturated carbocycles. The predicted molar refractivity (Wildman–Crippen MR) is 94.0 cm³/mol. The zero-order valence-electron chi connectivity index (χ0n) is 14.8. The second kappa shape index (κ2) is 8.44. The molecule has 3 atom stereocenters. The summed E-state index contributed by atoms with van der Waals surface area (Å²) in [5, 5.41) is 6.92. The number of hydrazone groups is 1. The van der Waals surface area contributed by atoms with Gasteiger partial charge in [-0.05, 0) is 64.7 Å². The van der Waals surface area contributed by atoms with E-state index in [2.05, 4.69) is 57.6 Å². The lowest BCUT2D eigenvalue weighted by atomic mass is 9.74. The summed E-state index contributed by atoms with van der Waals surface area (Å²) in [6.07, 6.45) is 8.82. The highest BCUT2D eigenvalue weighted by atomic mass is 19.1. The minimum absolute atomic E-state index is 0.0295. The molecule has 0 aliphatic carbocycles. The molecule has 0 aromatic carbocycles. The van der Waals surface area contributed by atoms with Gasteiger partial charge in [-0.1, -0.05) is 26.7 Å². The van der Waals surface area contributed by atoms with E-state index in [1.54, 1.807) is 0 Å². The molecule has 0 amide bonds. The molecule has 126 valence electrons. The van der Waals surface area contributed by atoms with Crippen molar-refractivity contribution in [3.63, 3.8) is 0 Å². The number of halogens is 1. The van der Waals surface area contributed by atoms with Crippen LogP contribution in [0.5, 0.6) is 0 Å². The highest BCUT2D eigenvalue weighted by Crippen LogP contribution is 2.38. The summed E-state index contributed by atoms with van der Waals surface area (Å²) in [6, 6.07) is 0.275. The molecule has 0 aromatic heterocycles. The van der Waals surface area contributed by atoms with E-state index in [1.165, 1.54) is 25.3 Å². The lowest BCUT2D eigenvalue weighted by Gasteiger charge is -2.50. The molecule has 3 unspecified atom stereocenters. The van der Waals surface area contributed by atoms with Gasteiger partial charge >= 0.3 is 0 Å². The van der Waals surface area contributed by atoms with Gasteiger partial charge in [0.2, 0.25) is 5.95 Å². The monoisotopic (exact) mass is 309 g/mol. The summed E-state index contributed by atoms with van der Waals surface area (Å²) < 4.78 is 13.0. The molecule has 1 aliphatic rings. The van der Waals surface area contributed by atoms with Gasteiger partial charge in [0.15, 0.2) is 0 Å². The van der Waals surface area contributed by atoms with Crippen LogP contribution in [-0.4, -0.2) is 29.5 Å². The van der Waals surface area contributed by atoms with E-state index < -0.39 is 5.95 Å². The van der Waals surface area contributed by atoms with E-state index >= 15 is 0 Å². The summed E-state index contributed by atoms with van der Waals surface area (Å²) >= 11 is 0. The van der Waals surface area contributed by atoms with Crippen LogP contribution in [0.2, 0.25) is 0 Å². The van der Waals surface area contributed by atoms with Gasteiger partial charge in [-0.15, -0.1) is 0 Å². The molecule has 1 heterocycles. The van der Waals surface area contributed by atoms with Crippen molar-refractivity contribution in [2.75, 3.05) is 0 Å². The van der Waals surface area contributed by atoms with Crippen molar-refractivity contribution >= 4 is 12.9 Å². The Morgan fingerprint density at radius 3 is 2.82 bits per heavy atom. The zero-order valence-corrected chi connectivity index (χ0v) is 14.8. The van der Waals surface area contributed by atoms with Crippen LogP contribution in [0.3, 0.4) is 0 Å². The van der Waals surface area contributed by atoms with Gasteiger partial charge in [0.05, 0.1) is 5.54 Å². The van der Waals surface area contributed by atoms with Crippen LogP contribution in [0.1, 0.15) is 66.7 Å². The highest BCUT2D eigenvalue weighted by Gasteiger charge is 2.41. The Labute approximate surface area is 135 Å². The molecule has 22 heavy (non-hydrogen) atoms. The second-order valence-corrected chi connectivity index (χ2v) is 6.98. The Balaban J connectivity index is 2.75. The first-order valence-corrected chi connectivity index (χ1v) is 8.50. The lowest BCUT2D eigenvalue weighted by molar-refractivity contribution is 0.00104. The fraction of sp³-hybridized carbons (Fsp3) is 0.778. The Bertz CT molecular complexity index is 415. The van der Waals surface area contributed by atoms with E-state index in [0.717, 1.165) is 6.42 Å². The maximum absolute atomic E-state index is 13.0. The molecule has 0 fully saturated rings. The molecule has 0 spiro atoms. The fourth-order valence-electron chi connectivity index (χ4n) is 3.60. The summed E-state index contributed by atoms with van der Waals surface area (Å²) in [7, 11) is 0. The van der Waals surface area contributed by atoms with Crippen LogP contribution in [0, 0.1) is 11.8 Å². The maximum Gasteiger partial charge on any atom is 0.208 e. The average molecular weight is 309 g/mol. The molecule has 0 N–H and O–H groups in total. The van der Waals surface area contributed by atoms with Crippen LogP contribution in [-0.2, 0) is 0 Å². The van der Waals surface area contributed by atoms with Crippen molar-refractivity contribution in [1.82, 2.24) is 5.01 Å². The molecule has 0 radical (unpaired) electrons. The number of aliphatic imine (C=N–C) groups is 1.